The van der Waals surface area contributed by atoms with Crippen LogP contribution in [0.25, 0.3) is 0 Å². The first-order valence-electron chi connectivity index (χ1n) is 4.74. The summed E-state index contributed by atoms with van der Waals surface area (Å²) in [7, 11) is 0. The highest BCUT2D eigenvalue weighted by Crippen LogP contribution is 2.20. The van der Waals surface area contributed by atoms with Gasteiger partial charge in [0.05, 0.1) is 12.2 Å². The Balaban J connectivity index is 2.02. The van der Waals surface area contributed by atoms with Gasteiger partial charge in [0.2, 0.25) is 0 Å². The van der Waals surface area contributed by atoms with Gasteiger partial charge in [0, 0.05) is 16.9 Å². The Morgan fingerprint density at radius 2 is 2.27 bits per heavy atom. The maximum absolute atomic E-state index is 6.01. The van der Waals surface area contributed by atoms with E-state index in [0.717, 1.165) is 28.5 Å². The summed E-state index contributed by atoms with van der Waals surface area (Å²) in [5.41, 5.74) is 3.15. The molecule has 0 aliphatic carbocycles. The normalized spacial score (nSPS) is 10.3. The molecular weight excluding hydrogens is 210 g/mol. The number of nitrogens with zero attached hydrogens (tertiary/aromatic N) is 1. The van der Waals surface area contributed by atoms with Crippen molar-refractivity contribution < 1.29 is 0 Å². The highest BCUT2D eigenvalue weighted by molar-refractivity contribution is 6.31. The van der Waals surface area contributed by atoms with Crippen molar-refractivity contribution in [2.24, 2.45) is 0 Å². The first kappa shape index (κ1) is 10.1. The molecule has 0 aliphatic rings. The van der Waals surface area contributed by atoms with Crippen molar-refractivity contribution in [3.63, 3.8) is 0 Å². The number of hydrogen-bond donors (Lipinski definition) is 2. The van der Waals surface area contributed by atoms with Crippen LogP contribution in [0.5, 0.6) is 0 Å². The molecule has 2 aromatic rings. The second-order valence-corrected chi connectivity index (χ2v) is 3.81. The van der Waals surface area contributed by atoms with Crippen LogP contribution in [0.2, 0.25) is 5.02 Å². The quantitative estimate of drug-likeness (QED) is 0.837. The number of aromatic nitrogens is 2. The fourth-order valence-electron chi connectivity index (χ4n) is 1.28. The maximum Gasteiger partial charge on any atom is 0.0567 e. The van der Waals surface area contributed by atoms with Crippen molar-refractivity contribution in [3.8, 4) is 0 Å². The van der Waals surface area contributed by atoms with Crippen LogP contribution in [0.4, 0.5) is 5.69 Å². The molecule has 1 heterocycles. The van der Waals surface area contributed by atoms with Crippen LogP contribution < -0.4 is 5.32 Å². The van der Waals surface area contributed by atoms with Crippen LogP contribution in [-0.2, 0) is 6.54 Å². The Morgan fingerprint density at radius 3 is 2.93 bits per heavy atom. The summed E-state index contributed by atoms with van der Waals surface area (Å²) in [5.74, 6) is 0. The highest BCUT2D eigenvalue weighted by Gasteiger charge is 1.98. The molecule has 78 valence electrons. The Morgan fingerprint density at radius 1 is 1.40 bits per heavy atom. The van der Waals surface area contributed by atoms with Gasteiger partial charge in [-0.3, -0.25) is 5.10 Å². The minimum Gasteiger partial charge on any atom is -0.379 e. The summed E-state index contributed by atoms with van der Waals surface area (Å²) in [6.07, 6.45) is 1.74. The molecule has 0 unspecified atom stereocenters. The molecule has 4 heteroatoms. The smallest absolute Gasteiger partial charge is 0.0567 e. The van der Waals surface area contributed by atoms with E-state index in [0.29, 0.717) is 0 Å². The first-order chi connectivity index (χ1) is 7.25. The molecule has 15 heavy (non-hydrogen) atoms. The number of benzene rings is 1. The molecule has 2 rings (SSSR count). The van der Waals surface area contributed by atoms with Crippen LogP contribution >= 0.6 is 11.6 Å². The first-order valence-corrected chi connectivity index (χ1v) is 5.12. The average molecular weight is 222 g/mol. The minimum absolute atomic E-state index is 0.722. The number of H-pyrrole nitrogens is 1. The fourth-order valence-corrected chi connectivity index (χ4v) is 1.46. The van der Waals surface area contributed by atoms with Crippen molar-refractivity contribution >= 4 is 17.3 Å². The van der Waals surface area contributed by atoms with E-state index in [-0.39, 0.29) is 0 Å². The molecule has 0 saturated heterocycles. The predicted molar refractivity (Wildman–Crippen MR) is 62.1 cm³/mol. The minimum atomic E-state index is 0.722. The molecule has 0 saturated carbocycles. The molecule has 1 aromatic carbocycles. The second-order valence-electron chi connectivity index (χ2n) is 3.40. The van der Waals surface area contributed by atoms with Crippen LogP contribution in [0.1, 0.15) is 11.3 Å². The van der Waals surface area contributed by atoms with Gasteiger partial charge in [-0.1, -0.05) is 17.7 Å². The Kier molecular flexibility index (Phi) is 2.92. The molecule has 0 spiro atoms. The van der Waals surface area contributed by atoms with E-state index in [1.54, 1.807) is 6.20 Å². The van der Waals surface area contributed by atoms with Crippen LogP contribution in [-0.4, -0.2) is 10.2 Å². The molecular formula is C11H12ClN3. The molecule has 0 fully saturated rings. The summed E-state index contributed by atoms with van der Waals surface area (Å²) in [4.78, 5) is 0. The SMILES string of the molecule is Cc1ccc(NCc2ccn[nH]2)cc1Cl. The summed E-state index contributed by atoms with van der Waals surface area (Å²) in [6, 6.07) is 7.87. The van der Waals surface area contributed by atoms with E-state index >= 15 is 0 Å². The van der Waals surface area contributed by atoms with Gasteiger partial charge in [-0.25, -0.2) is 0 Å². The zero-order valence-corrected chi connectivity index (χ0v) is 9.17. The van der Waals surface area contributed by atoms with E-state index in [1.807, 2.05) is 31.2 Å². The molecule has 0 radical (unpaired) electrons. The summed E-state index contributed by atoms with van der Waals surface area (Å²) in [6.45, 7) is 2.71. The topological polar surface area (TPSA) is 40.7 Å². The lowest BCUT2D eigenvalue weighted by atomic mass is 10.2. The van der Waals surface area contributed by atoms with Crippen molar-refractivity contribution in [2.75, 3.05) is 5.32 Å². The lowest BCUT2D eigenvalue weighted by Gasteiger charge is -2.06. The lowest BCUT2D eigenvalue weighted by Crippen LogP contribution is -1.99. The third-order valence-corrected chi connectivity index (χ3v) is 2.62. The molecule has 0 amide bonds. The number of anilines is 1. The highest BCUT2D eigenvalue weighted by atomic mass is 35.5. The molecule has 0 bridgehead atoms. The molecule has 2 N–H and O–H groups in total. The fraction of sp³-hybridized carbons (Fsp3) is 0.182. The monoisotopic (exact) mass is 221 g/mol. The standard InChI is InChI=1S/C11H12ClN3/c1-8-2-3-9(6-11(8)12)13-7-10-4-5-14-15-10/h2-6,13H,7H2,1H3,(H,14,15). The number of aromatic amines is 1. The van der Waals surface area contributed by atoms with Crippen LogP contribution in [0.15, 0.2) is 30.5 Å². The number of rotatable bonds is 3. The summed E-state index contributed by atoms with van der Waals surface area (Å²) >= 11 is 6.01. The summed E-state index contributed by atoms with van der Waals surface area (Å²) < 4.78 is 0. The molecule has 1 aromatic heterocycles. The van der Waals surface area contributed by atoms with Gasteiger partial charge < -0.3 is 5.32 Å². The van der Waals surface area contributed by atoms with E-state index in [4.69, 9.17) is 11.6 Å². The van der Waals surface area contributed by atoms with Crippen molar-refractivity contribution in [2.45, 2.75) is 13.5 Å². The van der Waals surface area contributed by atoms with Crippen molar-refractivity contribution in [3.05, 3.63) is 46.7 Å². The lowest BCUT2D eigenvalue weighted by molar-refractivity contribution is 0.981. The largest absolute Gasteiger partial charge is 0.379 e. The Bertz CT molecular complexity index is 437. The summed E-state index contributed by atoms with van der Waals surface area (Å²) in [5, 5.41) is 10.8. The number of halogens is 1. The number of hydrogen-bond acceptors (Lipinski definition) is 2. The zero-order chi connectivity index (χ0) is 10.7. The van der Waals surface area contributed by atoms with Gasteiger partial charge in [-0.05, 0) is 30.7 Å². The molecule has 0 aliphatic heterocycles. The van der Waals surface area contributed by atoms with E-state index in [1.165, 1.54) is 0 Å². The van der Waals surface area contributed by atoms with Gasteiger partial charge in [0.15, 0.2) is 0 Å². The Hall–Kier alpha value is -1.48. The third-order valence-electron chi connectivity index (χ3n) is 2.21. The third kappa shape index (κ3) is 2.50. The number of nitrogens with one attached hydrogen (secondary N) is 2. The second kappa shape index (κ2) is 4.36. The van der Waals surface area contributed by atoms with Crippen LogP contribution in [0.3, 0.4) is 0 Å². The van der Waals surface area contributed by atoms with Gasteiger partial charge in [0.25, 0.3) is 0 Å². The van der Waals surface area contributed by atoms with Gasteiger partial charge in [-0.15, -0.1) is 0 Å². The maximum atomic E-state index is 6.01. The van der Waals surface area contributed by atoms with Gasteiger partial charge in [-0.2, -0.15) is 5.10 Å². The Labute approximate surface area is 93.5 Å². The van der Waals surface area contributed by atoms with Crippen molar-refractivity contribution in [1.29, 1.82) is 0 Å². The predicted octanol–water partition coefficient (Wildman–Crippen LogP) is 2.98. The molecule has 0 atom stereocenters. The average Bonchev–Trinajstić information content (AvgIpc) is 2.73. The molecule has 3 nitrogen and oxygen atoms in total. The van der Waals surface area contributed by atoms with E-state index < -0.39 is 0 Å². The van der Waals surface area contributed by atoms with E-state index in [2.05, 4.69) is 15.5 Å². The van der Waals surface area contributed by atoms with Crippen LogP contribution in [0, 0.1) is 6.92 Å². The van der Waals surface area contributed by atoms with E-state index in [9.17, 15) is 0 Å². The van der Waals surface area contributed by atoms with Crippen molar-refractivity contribution in [1.82, 2.24) is 10.2 Å². The zero-order valence-electron chi connectivity index (χ0n) is 8.42. The van der Waals surface area contributed by atoms with Gasteiger partial charge in [0.1, 0.15) is 0 Å². The number of aryl methyl sites for hydroxylation is 1. The van der Waals surface area contributed by atoms with Gasteiger partial charge >= 0.3 is 0 Å².